The van der Waals surface area contributed by atoms with Crippen molar-refractivity contribution >= 4 is 70.8 Å². The van der Waals surface area contributed by atoms with Gasteiger partial charge in [0.1, 0.15) is 11.2 Å². The van der Waals surface area contributed by atoms with Gasteiger partial charge in [0.15, 0.2) is 0 Å². The largest absolute Gasteiger partial charge is 0.455 e. The van der Waals surface area contributed by atoms with Crippen molar-refractivity contribution in [3.63, 3.8) is 0 Å². The SMILES string of the molecule is CC.CC.c1ccc(-c2c3oc4cccc5cccc(c54)c3c3c4ccncc4n4c5cnccc5c2c34)cc1. The summed E-state index contributed by atoms with van der Waals surface area (Å²) < 4.78 is 9.24. The Kier molecular flexibility index (Phi) is 5.64. The van der Waals surface area contributed by atoms with E-state index in [-0.39, 0.29) is 0 Å². The average Bonchev–Trinajstić information content (AvgIpc) is 3.55. The summed E-state index contributed by atoms with van der Waals surface area (Å²) >= 11 is 0. The number of rotatable bonds is 1. The van der Waals surface area contributed by atoms with Crippen molar-refractivity contribution in [1.82, 2.24) is 14.4 Å². The van der Waals surface area contributed by atoms with Gasteiger partial charge in [0.05, 0.1) is 28.9 Å². The van der Waals surface area contributed by atoms with Crippen LogP contribution in [0.2, 0.25) is 0 Å². The monoisotopic (exact) mass is 519 g/mol. The van der Waals surface area contributed by atoms with Gasteiger partial charge in [0, 0.05) is 50.3 Å². The van der Waals surface area contributed by atoms with Crippen molar-refractivity contribution in [2.45, 2.75) is 27.7 Å². The fraction of sp³-hybridized carbons (Fsp3) is 0.111. The number of fused-ring (bicyclic) bond motifs is 9. The van der Waals surface area contributed by atoms with Crippen LogP contribution in [0.4, 0.5) is 0 Å². The van der Waals surface area contributed by atoms with Gasteiger partial charge in [-0.15, -0.1) is 0 Å². The van der Waals surface area contributed by atoms with Gasteiger partial charge >= 0.3 is 0 Å². The fourth-order valence-corrected chi connectivity index (χ4v) is 6.33. The fourth-order valence-electron chi connectivity index (χ4n) is 6.33. The molecule has 0 radical (unpaired) electrons. The second kappa shape index (κ2) is 9.35. The van der Waals surface area contributed by atoms with E-state index in [9.17, 15) is 0 Å². The number of pyridine rings is 2. The highest BCUT2D eigenvalue weighted by molar-refractivity contribution is 6.39. The molecular formula is C36H29N3O. The van der Waals surface area contributed by atoms with Crippen LogP contribution in [0, 0.1) is 0 Å². The summed E-state index contributed by atoms with van der Waals surface area (Å²) in [6, 6.07) is 27.7. The van der Waals surface area contributed by atoms with Gasteiger partial charge in [0.25, 0.3) is 0 Å². The minimum Gasteiger partial charge on any atom is -0.455 e. The van der Waals surface area contributed by atoms with Crippen LogP contribution in [-0.2, 0) is 0 Å². The Morgan fingerprint density at radius 3 is 1.93 bits per heavy atom. The molecule has 0 aliphatic heterocycles. The Morgan fingerprint density at radius 2 is 1.23 bits per heavy atom. The third-order valence-electron chi connectivity index (χ3n) is 7.68. The summed E-state index contributed by atoms with van der Waals surface area (Å²) in [6.45, 7) is 8.00. The van der Waals surface area contributed by atoms with E-state index in [1.54, 1.807) is 0 Å². The first-order valence-corrected chi connectivity index (χ1v) is 14.1. The first-order chi connectivity index (χ1) is 19.9. The van der Waals surface area contributed by atoms with E-state index in [1.165, 1.54) is 32.4 Å². The molecule has 5 heterocycles. The molecule has 0 N–H and O–H groups in total. The third kappa shape index (κ3) is 3.07. The van der Waals surface area contributed by atoms with E-state index in [2.05, 4.69) is 93.2 Å². The zero-order valence-corrected chi connectivity index (χ0v) is 23.1. The van der Waals surface area contributed by atoms with Crippen LogP contribution >= 0.6 is 0 Å². The van der Waals surface area contributed by atoms with Crippen LogP contribution in [0.25, 0.3) is 81.9 Å². The lowest BCUT2D eigenvalue weighted by Crippen LogP contribution is -1.89. The lowest BCUT2D eigenvalue weighted by molar-refractivity contribution is 0.664. The molecule has 40 heavy (non-hydrogen) atoms. The van der Waals surface area contributed by atoms with Gasteiger partial charge in [-0.2, -0.15) is 0 Å². The lowest BCUT2D eigenvalue weighted by Gasteiger charge is -2.15. The molecule has 0 spiro atoms. The maximum absolute atomic E-state index is 6.90. The van der Waals surface area contributed by atoms with E-state index in [0.29, 0.717) is 0 Å². The Balaban J connectivity index is 0.000000636. The second-order valence-electron chi connectivity index (χ2n) is 9.43. The van der Waals surface area contributed by atoms with E-state index >= 15 is 0 Å². The molecule has 0 amide bonds. The molecule has 9 rings (SSSR count). The molecule has 0 unspecified atom stereocenters. The molecule has 4 aromatic carbocycles. The molecule has 0 fully saturated rings. The maximum Gasteiger partial charge on any atom is 0.144 e. The van der Waals surface area contributed by atoms with Crippen LogP contribution in [0.15, 0.2) is 108 Å². The topological polar surface area (TPSA) is 43.3 Å². The van der Waals surface area contributed by atoms with Crippen molar-refractivity contribution in [2.24, 2.45) is 0 Å². The molecule has 194 valence electrons. The highest BCUT2D eigenvalue weighted by Crippen LogP contribution is 2.50. The zero-order chi connectivity index (χ0) is 27.4. The van der Waals surface area contributed by atoms with Gasteiger partial charge in [-0.25, -0.2) is 0 Å². The normalized spacial score (nSPS) is 11.5. The molecule has 0 saturated carbocycles. The smallest absolute Gasteiger partial charge is 0.144 e. The van der Waals surface area contributed by atoms with Crippen LogP contribution in [0.3, 0.4) is 0 Å². The standard InChI is InChI=1S/C32H17N3O.2C2H6/c1-2-6-19(7-3-1)27-28-20-12-14-33-16-23(20)35-24-17-34-15-13-21(24)29(31(28)35)30-22-10-4-8-18-9-5-11-25(26(18)22)36-32(27)30;2*1-2/h1-17H;2*1-2H3. The molecule has 0 saturated heterocycles. The predicted molar refractivity (Wildman–Crippen MR) is 170 cm³/mol. The van der Waals surface area contributed by atoms with E-state index in [0.717, 1.165) is 49.5 Å². The average molecular weight is 520 g/mol. The van der Waals surface area contributed by atoms with Gasteiger partial charge in [-0.05, 0) is 34.5 Å². The number of benzene rings is 4. The number of nitrogens with zero attached hydrogens (tertiary/aromatic N) is 3. The van der Waals surface area contributed by atoms with Crippen molar-refractivity contribution in [3.8, 4) is 11.1 Å². The number of aromatic nitrogens is 3. The lowest BCUT2D eigenvalue weighted by atomic mass is 9.91. The molecular weight excluding hydrogens is 490 g/mol. The summed E-state index contributed by atoms with van der Waals surface area (Å²) in [7, 11) is 0. The van der Waals surface area contributed by atoms with E-state index in [4.69, 9.17) is 4.42 Å². The second-order valence-corrected chi connectivity index (χ2v) is 9.43. The Morgan fingerprint density at radius 1 is 0.575 bits per heavy atom. The zero-order valence-electron chi connectivity index (χ0n) is 23.1. The molecule has 9 aromatic rings. The van der Waals surface area contributed by atoms with E-state index in [1.807, 2.05) is 52.5 Å². The van der Waals surface area contributed by atoms with Crippen molar-refractivity contribution in [3.05, 3.63) is 104 Å². The van der Waals surface area contributed by atoms with Crippen LogP contribution in [0.5, 0.6) is 0 Å². The predicted octanol–water partition coefficient (Wildman–Crippen LogP) is 10.4. The molecule has 0 aliphatic carbocycles. The first-order valence-electron chi connectivity index (χ1n) is 14.1. The Hall–Kier alpha value is -4.96. The molecule has 5 aromatic heterocycles. The highest BCUT2D eigenvalue weighted by Gasteiger charge is 2.27. The van der Waals surface area contributed by atoms with Gasteiger partial charge < -0.3 is 8.82 Å². The minimum absolute atomic E-state index is 0.901. The summed E-state index contributed by atoms with van der Waals surface area (Å²) in [5.74, 6) is 0. The molecule has 0 aliphatic rings. The maximum atomic E-state index is 6.90. The minimum atomic E-state index is 0.901. The van der Waals surface area contributed by atoms with Crippen LogP contribution < -0.4 is 0 Å². The summed E-state index contributed by atoms with van der Waals surface area (Å²) in [5, 5.41) is 9.43. The highest BCUT2D eigenvalue weighted by atomic mass is 16.3. The summed E-state index contributed by atoms with van der Waals surface area (Å²) in [6.07, 6.45) is 7.69. The van der Waals surface area contributed by atoms with Crippen molar-refractivity contribution in [1.29, 1.82) is 0 Å². The summed E-state index contributed by atoms with van der Waals surface area (Å²) in [5.41, 5.74) is 7.42. The molecule has 0 atom stereocenters. The number of hydrogen-bond acceptors (Lipinski definition) is 3. The van der Waals surface area contributed by atoms with Gasteiger partial charge in [-0.1, -0.05) is 88.4 Å². The summed E-state index contributed by atoms with van der Waals surface area (Å²) in [4.78, 5) is 9.01. The van der Waals surface area contributed by atoms with Crippen molar-refractivity contribution < 1.29 is 4.42 Å². The third-order valence-corrected chi connectivity index (χ3v) is 7.68. The van der Waals surface area contributed by atoms with E-state index < -0.39 is 0 Å². The van der Waals surface area contributed by atoms with Crippen LogP contribution in [-0.4, -0.2) is 14.4 Å². The molecule has 4 heteroatoms. The van der Waals surface area contributed by atoms with Gasteiger partial charge in [0.2, 0.25) is 0 Å². The molecule has 4 nitrogen and oxygen atoms in total. The Bertz CT molecular complexity index is 2300. The van der Waals surface area contributed by atoms with Crippen molar-refractivity contribution in [2.75, 3.05) is 0 Å². The number of hydrogen-bond donors (Lipinski definition) is 0. The first kappa shape index (κ1) is 24.1. The van der Waals surface area contributed by atoms with Crippen LogP contribution in [0.1, 0.15) is 27.7 Å². The van der Waals surface area contributed by atoms with Gasteiger partial charge in [-0.3, -0.25) is 9.97 Å². The Labute approximate surface area is 231 Å². The molecule has 0 bridgehead atoms. The quantitative estimate of drug-likeness (QED) is 0.160.